The van der Waals surface area contributed by atoms with E-state index >= 15 is 0 Å². The summed E-state index contributed by atoms with van der Waals surface area (Å²) in [7, 11) is 0. The van der Waals surface area contributed by atoms with Gasteiger partial charge in [0.1, 0.15) is 11.5 Å². The van der Waals surface area contributed by atoms with E-state index in [1.807, 2.05) is 19.9 Å². The maximum Gasteiger partial charge on any atom is 0.315 e. The van der Waals surface area contributed by atoms with Crippen LogP contribution in [0.2, 0.25) is 0 Å². The molecule has 5 nitrogen and oxygen atoms in total. The van der Waals surface area contributed by atoms with Gasteiger partial charge < -0.3 is 20.2 Å². The number of carbonyl (C=O) groups excluding carboxylic acids is 1. The predicted molar refractivity (Wildman–Crippen MR) is 76.4 cm³/mol. The van der Waals surface area contributed by atoms with Crippen LogP contribution in [-0.2, 0) is 6.54 Å². The number of hydrogen-bond acceptors (Lipinski definition) is 3. The standard InChI is InChI=1S/C15H24N2O3/c1-10-7-13(11(2)20-10)8-16-15(19)17-14-5-3-12(9-18)4-6-14/h7,12,14,18H,3-6,8-9H2,1-2H3,(H2,16,17,19). The molecule has 0 saturated heterocycles. The van der Waals surface area contributed by atoms with Crippen LogP contribution in [0.3, 0.4) is 0 Å². The van der Waals surface area contributed by atoms with E-state index < -0.39 is 0 Å². The number of aryl methyl sites for hydroxylation is 2. The average Bonchev–Trinajstić information content (AvgIpc) is 2.75. The van der Waals surface area contributed by atoms with Gasteiger partial charge in [0.25, 0.3) is 0 Å². The second kappa shape index (κ2) is 6.79. The minimum atomic E-state index is -0.129. The number of aliphatic hydroxyl groups is 1. The van der Waals surface area contributed by atoms with Gasteiger partial charge in [-0.3, -0.25) is 0 Å². The Balaban J connectivity index is 1.72. The molecule has 2 amide bonds. The largest absolute Gasteiger partial charge is 0.466 e. The van der Waals surface area contributed by atoms with Crippen molar-refractivity contribution < 1.29 is 14.3 Å². The lowest BCUT2D eigenvalue weighted by Crippen LogP contribution is -2.43. The monoisotopic (exact) mass is 280 g/mol. The third-order valence-electron chi connectivity index (χ3n) is 4.02. The van der Waals surface area contributed by atoms with Crippen LogP contribution in [0.15, 0.2) is 10.5 Å². The molecule has 0 atom stereocenters. The normalized spacial score (nSPS) is 22.6. The molecule has 0 bridgehead atoms. The summed E-state index contributed by atoms with van der Waals surface area (Å²) in [5.41, 5.74) is 1.02. The maximum absolute atomic E-state index is 11.9. The molecule has 5 heteroatoms. The molecule has 0 spiro atoms. The molecular formula is C15H24N2O3. The van der Waals surface area contributed by atoms with Crippen molar-refractivity contribution in [2.45, 2.75) is 52.1 Å². The Hall–Kier alpha value is -1.49. The third-order valence-corrected chi connectivity index (χ3v) is 4.02. The summed E-state index contributed by atoms with van der Waals surface area (Å²) in [4.78, 5) is 11.9. The van der Waals surface area contributed by atoms with Crippen LogP contribution in [0.25, 0.3) is 0 Å². The number of urea groups is 1. The molecule has 112 valence electrons. The third kappa shape index (κ3) is 4.00. The molecule has 2 rings (SSSR count). The Bertz CT molecular complexity index is 448. The van der Waals surface area contributed by atoms with Crippen LogP contribution in [0, 0.1) is 19.8 Å². The number of nitrogens with one attached hydrogen (secondary N) is 2. The lowest BCUT2D eigenvalue weighted by Gasteiger charge is -2.27. The first-order valence-electron chi connectivity index (χ1n) is 7.29. The fourth-order valence-electron chi connectivity index (χ4n) is 2.76. The molecule has 0 aromatic carbocycles. The molecular weight excluding hydrogens is 256 g/mol. The molecule has 3 N–H and O–H groups in total. The van der Waals surface area contributed by atoms with E-state index in [1.165, 1.54) is 0 Å². The summed E-state index contributed by atoms with van der Waals surface area (Å²) in [6, 6.07) is 2.04. The van der Waals surface area contributed by atoms with E-state index in [0.29, 0.717) is 12.5 Å². The lowest BCUT2D eigenvalue weighted by atomic mass is 9.87. The molecule has 0 aliphatic heterocycles. The molecule has 1 aliphatic rings. The van der Waals surface area contributed by atoms with Crippen molar-refractivity contribution in [1.82, 2.24) is 10.6 Å². The average molecular weight is 280 g/mol. The minimum absolute atomic E-state index is 0.129. The summed E-state index contributed by atoms with van der Waals surface area (Å²) in [5, 5.41) is 15.0. The summed E-state index contributed by atoms with van der Waals surface area (Å²) < 4.78 is 5.43. The van der Waals surface area contributed by atoms with Crippen molar-refractivity contribution in [3.05, 3.63) is 23.2 Å². The Labute approximate surface area is 119 Å². The first kappa shape index (κ1) is 14.9. The molecule has 1 aromatic rings. The van der Waals surface area contributed by atoms with Crippen LogP contribution in [0.4, 0.5) is 4.79 Å². The van der Waals surface area contributed by atoms with Crippen molar-refractivity contribution in [2.75, 3.05) is 6.61 Å². The lowest BCUT2D eigenvalue weighted by molar-refractivity contribution is 0.174. The molecule has 1 fully saturated rings. The van der Waals surface area contributed by atoms with E-state index in [-0.39, 0.29) is 18.7 Å². The van der Waals surface area contributed by atoms with Crippen LogP contribution in [-0.4, -0.2) is 23.8 Å². The zero-order valence-electron chi connectivity index (χ0n) is 12.2. The molecule has 1 aliphatic carbocycles. The molecule has 1 heterocycles. The summed E-state index contributed by atoms with van der Waals surface area (Å²) in [5.74, 6) is 2.13. The number of carbonyl (C=O) groups is 1. The molecule has 20 heavy (non-hydrogen) atoms. The van der Waals surface area contributed by atoms with E-state index in [0.717, 1.165) is 42.8 Å². The van der Waals surface area contributed by atoms with Gasteiger partial charge in [-0.25, -0.2) is 4.79 Å². The smallest absolute Gasteiger partial charge is 0.315 e. The van der Waals surface area contributed by atoms with Crippen molar-refractivity contribution in [2.24, 2.45) is 5.92 Å². The van der Waals surface area contributed by atoms with E-state index in [9.17, 15) is 4.79 Å². The fraction of sp³-hybridized carbons (Fsp3) is 0.667. The van der Waals surface area contributed by atoms with Crippen LogP contribution >= 0.6 is 0 Å². The quantitative estimate of drug-likeness (QED) is 0.792. The highest BCUT2D eigenvalue weighted by atomic mass is 16.3. The zero-order chi connectivity index (χ0) is 14.5. The van der Waals surface area contributed by atoms with Gasteiger partial charge in [-0.05, 0) is 51.5 Å². The van der Waals surface area contributed by atoms with Gasteiger partial charge in [0.05, 0.1) is 0 Å². The topological polar surface area (TPSA) is 74.5 Å². The van der Waals surface area contributed by atoms with Crippen LogP contribution in [0.1, 0.15) is 42.8 Å². The van der Waals surface area contributed by atoms with Gasteiger partial charge >= 0.3 is 6.03 Å². The molecule has 1 saturated carbocycles. The number of aliphatic hydroxyl groups excluding tert-OH is 1. The van der Waals surface area contributed by atoms with E-state index in [1.54, 1.807) is 0 Å². The van der Waals surface area contributed by atoms with Crippen LogP contribution in [0.5, 0.6) is 0 Å². The second-order valence-corrected chi connectivity index (χ2v) is 5.67. The van der Waals surface area contributed by atoms with Gasteiger partial charge in [0, 0.05) is 24.8 Å². The van der Waals surface area contributed by atoms with Crippen LogP contribution < -0.4 is 10.6 Å². The van der Waals surface area contributed by atoms with Crippen molar-refractivity contribution in [3.63, 3.8) is 0 Å². The van der Waals surface area contributed by atoms with Gasteiger partial charge in [-0.15, -0.1) is 0 Å². The first-order chi connectivity index (χ1) is 9.58. The van der Waals surface area contributed by atoms with Gasteiger partial charge in [0.15, 0.2) is 0 Å². The number of hydrogen-bond donors (Lipinski definition) is 3. The summed E-state index contributed by atoms with van der Waals surface area (Å²) >= 11 is 0. The first-order valence-corrected chi connectivity index (χ1v) is 7.29. The minimum Gasteiger partial charge on any atom is -0.466 e. The Morgan fingerprint density at radius 2 is 2.05 bits per heavy atom. The van der Waals surface area contributed by atoms with Crippen molar-refractivity contribution in [1.29, 1.82) is 0 Å². The van der Waals surface area contributed by atoms with E-state index in [4.69, 9.17) is 9.52 Å². The summed E-state index contributed by atoms with van der Waals surface area (Å²) in [6.45, 7) is 4.55. The van der Waals surface area contributed by atoms with Crippen molar-refractivity contribution >= 4 is 6.03 Å². The highest BCUT2D eigenvalue weighted by molar-refractivity contribution is 5.74. The Morgan fingerprint density at radius 3 is 2.60 bits per heavy atom. The van der Waals surface area contributed by atoms with Gasteiger partial charge in [0.2, 0.25) is 0 Å². The van der Waals surface area contributed by atoms with Gasteiger partial charge in [-0.1, -0.05) is 0 Å². The Kier molecular flexibility index (Phi) is 5.06. The van der Waals surface area contributed by atoms with Gasteiger partial charge in [-0.2, -0.15) is 0 Å². The second-order valence-electron chi connectivity index (χ2n) is 5.67. The number of rotatable bonds is 4. The Morgan fingerprint density at radius 1 is 1.35 bits per heavy atom. The number of furan rings is 1. The SMILES string of the molecule is Cc1cc(CNC(=O)NC2CCC(CO)CC2)c(C)o1. The zero-order valence-corrected chi connectivity index (χ0v) is 12.2. The molecule has 1 aromatic heterocycles. The summed E-state index contributed by atoms with van der Waals surface area (Å²) in [6.07, 6.45) is 3.87. The fourth-order valence-corrected chi connectivity index (χ4v) is 2.76. The van der Waals surface area contributed by atoms with E-state index in [2.05, 4.69) is 10.6 Å². The number of amides is 2. The van der Waals surface area contributed by atoms with Crippen molar-refractivity contribution in [3.8, 4) is 0 Å². The molecule has 0 unspecified atom stereocenters. The highest BCUT2D eigenvalue weighted by Crippen LogP contribution is 2.23. The maximum atomic E-state index is 11.9. The molecule has 0 radical (unpaired) electrons. The predicted octanol–water partition coefficient (Wildman–Crippen LogP) is 2.25. The highest BCUT2D eigenvalue weighted by Gasteiger charge is 2.21.